The van der Waals surface area contributed by atoms with Gasteiger partial charge in [0.05, 0.1) is 11.1 Å². The minimum absolute atomic E-state index is 0.200. The molecule has 1 N–H and O–H groups in total. The molecule has 5 heteroatoms. The van der Waals surface area contributed by atoms with Crippen LogP contribution in [0.4, 0.5) is 0 Å². The molecule has 0 bridgehead atoms. The van der Waals surface area contributed by atoms with Gasteiger partial charge in [-0.1, -0.05) is 13.0 Å². The van der Waals surface area contributed by atoms with Gasteiger partial charge in [0.25, 0.3) is 5.91 Å². The molecule has 0 unspecified atom stereocenters. The third-order valence-electron chi connectivity index (χ3n) is 3.23. The molecule has 2 atom stereocenters. The van der Waals surface area contributed by atoms with E-state index in [2.05, 4.69) is 17.5 Å². The number of hydrogen-bond donors (Lipinski definition) is 1. The highest BCUT2D eigenvalue weighted by molar-refractivity contribution is 7.12. The number of carbonyl (C=O) groups excluding carboxylic acids is 1. The molecule has 1 aliphatic rings. The summed E-state index contributed by atoms with van der Waals surface area (Å²) in [5, 5.41) is 5.75. The minimum Gasteiger partial charge on any atom is -0.460 e. The van der Waals surface area contributed by atoms with E-state index >= 15 is 0 Å². The fraction of sp³-hybridized carbons (Fsp3) is 0.286. The fourth-order valence-corrected chi connectivity index (χ4v) is 2.59. The van der Waals surface area contributed by atoms with Gasteiger partial charge < -0.3 is 4.42 Å². The molecular formula is C14H14N2O2S. The quantitative estimate of drug-likeness (QED) is 0.687. The van der Waals surface area contributed by atoms with Gasteiger partial charge in [0.15, 0.2) is 0 Å². The van der Waals surface area contributed by atoms with E-state index in [9.17, 15) is 4.79 Å². The number of hydrazone groups is 1. The second kappa shape index (κ2) is 5.01. The summed E-state index contributed by atoms with van der Waals surface area (Å²) >= 11 is 1.38. The second-order valence-electron chi connectivity index (χ2n) is 4.74. The van der Waals surface area contributed by atoms with Crippen molar-refractivity contribution in [1.82, 2.24) is 5.43 Å². The number of nitrogens with one attached hydrogen (secondary N) is 1. The van der Waals surface area contributed by atoms with Gasteiger partial charge in [-0.2, -0.15) is 5.10 Å². The Balaban J connectivity index is 1.57. The van der Waals surface area contributed by atoms with E-state index in [0.29, 0.717) is 16.6 Å². The van der Waals surface area contributed by atoms with E-state index in [-0.39, 0.29) is 5.91 Å². The predicted molar refractivity (Wildman–Crippen MR) is 74.6 cm³/mol. The maximum absolute atomic E-state index is 11.6. The Morgan fingerprint density at radius 1 is 1.53 bits per heavy atom. The zero-order valence-corrected chi connectivity index (χ0v) is 11.3. The smallest absolute Gasteiger partial charge is 0.281 e. The van der Waals surface area contributed by atoms with Crippen LogP contribution in [0, 0.1) is 5.92 Å². The van der Waals surface area contributed by atoms with Crippen LogP contribution in [0.15, 0.2) is 39.2 Å². The molecule has 2 heterocycles. The fourth-order valence-electron chi connectivity index (χ4n) is 1.97. The SMILES string of the molecule is C[C@@H]1C[C@H]1c1ccc(/C=N\NC(=O)c2cccs2)o1. The third kappa shape index (κ3) is 2.76. The standard InChI is InChI=1S/C14H14N2O2S/c1-9-7-11(9)12-5-4-10(18-12)8-15-16-14(17)13-3-2-6-19-13/h2-6,8-9,11H,7H2,1H3,(H,16,17)/b15-8-/t9-,11-/m1/s1. The summed E-state index contributed by atoms with van der Waals surface area (Å²) < 4.78 is 5.65. The molecule has 0 spiro atoms. The van der Waals surface area contributed by atoms with Gasteiger partial charge in [0.1, 0.15) is 11.5 Å². The average molecular weight is 274 g/mol. The lowest BCUT2D eigenvalue weighted by atomic mass is 10.3. The molecular weight excluding hydrogens is 260 g/mol. The van der Waals surface area contributed by atoms with Crippen LogP contribution in [-0.4, -0.2) is 12.1 Å². The Morgan fingerprint density at radius 3 is 3.05 bits per heavy atom. The van der Waals surface area contributed by atoms with E-state index in [1.807, 2.05) is 23.6 Å². The molecule has 3 rings (SSSR count). The molecule has 0 radical (unpaired) electrons. The van der Waals surface area contributed by atoms with Gasteiger partial charge in [0.2, 0.25) is 0 Å². The Bertz CT molecular complexity index is 601. The summed E-state index contributed by atoms with van der Waals surface area (Å²) in [5.41, 5.74) is 2.48. The van der Waals surface area contributed by atoms with Crippen molar-refractivity contribution in [2.45, 2.75) is 19.3 Å². The normalized spacial score (nSPS) is 21.7. The van der Waals surface area contributed by atoms with Gasteiger partial charge in [-0.25, -0.2) is 5.43 Å². The van der Waals surface area contributed by atoms with Crippen molar-refractivity contribution in [1.29, 1.82) is 0 Å². The highest BCUT2D eigenvalue weighted by Gasteiger charge is 2.36. The zero-order chi connectivity index (χ0) is 13.2. The molecule has 0 aromatic carbocycles. The van der Waals surface area contributed by atoms with Crippen LogP contribution in [0.3, 0.4) is 0 Å². The Kier molecular flexibility index (Phi) is 3.21. The number of thiophene rings is 1. The van der Waals surface area contributed by atoms with Crippen LogP contribution < -0.4 is 5.43 Å². The summed E-state index contributed by atoms with van der Waals surface area (Å²) in [6.07, 6.45) is 2.72. The number of amides is 1. The molecule has 0 saturated heterocycles. The first-order valence-electron chi connectivity index (χ1n) is 6.20. The molecule has 1 amide bonds. The molecule has 19 heavy (non-hydrogen) atoms. The first-order valence-corrected chi connectivity index (χ1v) is 7.08. The van der Waals surface area contributed by atoms with Gasteiger partial charge in [-0.3, -0.25) is 4.79 Å². The highest BCUT2D eigenvalue weighted by Crippen LogP contribution is 2.47. The highest BCUT2D eigenvalue weighted by atomic mass is 32.1. The summed E-state index contributed by atoms with van der Waals surface area (Å²) in [4.78, 5) is 12.3. The maximum Gasteiger partial charge on any atom is 0.281 e. The lowest BCUT2D eigenvalue weighted by molar-refractivity contribution is 0.0959. The monoisotopic (exact) mass is 274 g/mol. The molecule has 1 fully saturated rings. The van der Waals surface area contributed by atoms with Crippen molar-refractivity contribution < 1.29 is 9.21 Å². The number of rotatable bonds is 4. The van der Waals surface area contributed by atoms with Crippen molar-refractivity contribution in [3.05, 3.63) is 46.0 Å². The second-order valence-corrected chi connectivity index (χ2v) is 5.68. The molecule has 1 aliphatic carbocycles. The van der Waals surface area contributed by atoms with Crippen molar-refractivity contribution >= 4 is 23.5 Å². The number of nitrogens with zero attached hydrogens (tertiary/aromatic N) is 1. The van der Waals surface area contributed by atoms with Crippen LogP contribution in [-0.2, 0) is 0 Å². The van der Waals surface area contributed by atoms with E-state index < -0.39 is 0 Å². The van der Waals surface area contributed by atoms with E-state index in [4.69, 9.17) is 4.42 Å². The topological polar surface area (TPSA) is 54.6 Å². The lowest BCUT2D eigenvalue weighted by Gasteiger charge is -1.94. The van der Waals surface area contributed by atoms with Crippen molar-refractivity contribution in [3.8, 4) is 0 Å². The van der Waals surface area contributed by atoms with Crippen molar-refractivity contribution in [3.63, 3.8) is 0 Å². The molecule has 2 aromatic rings. The number of hydrogen-bond acceptors (Lipinski definition) is 4. The van der Waals surface area contributed by atoms with E-state index in [1.54, 1.807) is 6.07 Å². The van der Waals surface area contributed by atoms with Crippen LogP contribution >= 0.6 is 11.3 Å². The molecule has 1 saturated carbocycles. The largest absolute Gasteiger partial charge is 0.460 e. The summed E-state index contributed by atoms with van der Waals surface area (Å²) in [5.74, 6) is 2.75. The van der Waals surface area contributed by atoms with Gasteiger partial charge in [0, 0.05) is 5.92 Å². The zero-order valence-electron chi connectivity index (χ0n) is 10.5. The predicted octanol–water partition coefficient (Wildman–Crippen LogP) is 3.23. The van der Waals surface area contributed by atoms with E-state index in [0.717, 1.165) is 11.7 Å². The first-order chi connectivity index (χ1) is 9.24. The van der Waals surface area contributed by atoms with Gasteiger partial charge in [-0.15, -0.1) is 11.3 Å². The molecule has 2 aromatic heterocycles. The van der Waals surface area contributed by atoms with Gasteiger partial charge >= 0.3 is 0 Å². The number of carbonyl (C=O) groups is 1. The Morgan fingerprint density at radius 2 is 2.37 bits per heavy atom. The molecule has 4 nitrogen and oxygen atoms in total. The third-order valence-corrected chi connectivity index (χ3v) is 4.09. The van der Waals surface area contributed by atoms with Gasteiger partial charge in [-0.05, 0) is 35.9 Å². The maximum atomic E-state index is 11.6. The summed E-state index contributed by atoms with van der Waals surface area (Å²) in [7, 11) is 0. The van der Waals surface area contributed by atoms with Crippen LogP contribution in [0.2, 0.25) is 0 Å². The first kappa shape index (κ1) is 12.2. The van der Waals surface area contributed by atoms with Crippen LogP contribution in [0.5, 0.6) is 0 Å². The lowest BCUT2D eigenvalue weighted by Crippen LogP contribution is -2.15. The molecule has 0 aliphatic heterocycles. The van der Waals surface area contributed by atoms with Crippen LogP contribution in [0.1, 0.15) is 40.5 Å². The Labute approximate surface area is 115 Å². The van der Waals surface area contributed by atoms with E-state index in [1.165, 1.54) is 24.0 Å². The van der Waals surface area contributed by atoms with Crippen molar-refractivity contribution in [2.24, 2.45) is 11.0 Å². The van der Waals surface area contributed by atoms with Crippen molar-refractivity contribution in [2.75, 3.05) is 0 Å². The molecule has 98 valence electrons. The van der Waals surface area contributed by atoms with Crippen LogP contribution in [0.25, 0.3) is 0 Å². The minimum atomic E-state index is -0.200. The average Bonchev–Trinajstić information content (AvgIpc) is 2.90. The number of furan rings is 1. The summed E-state index contributed by atoms with van der Waals surface area (Å²) in [6, 6.07) is 7.45. The Hall–Kier alpha value is -1.88. The summed E-state index contributed by atoms with van der Waals surface area (Å²) in [6.45, 7) is 2.21.